The van der Waals surface area contributed by atoms with E-state index in [9.17, 15) is 20.0 Å². The van der Waals surface area contributed by atoms with Crippen molar-refractivity contribution < 1.29 is 14.8 Å². The van der Waals surface area contributed by atoms with Crippen molar-refractivity contribution in [3.05, 3.63) is 70.4 Å². The van der Waals surface area contributed by atoms with E-state index in [1.807, 2.05) is 24.3 Å². The Morgan fingerprint density at radius 2 is 1.92 bits per heavy atom. The summed E-state index contributed by atoms with van der Waals surface area (Å²) in [6.45, 7) is 0. The number of aromatic nitrogens is 1. The molecule has 2 aromatic carbocycles. The molecule has 0 amide bonds. The van der Waals surface area contributed by atoms with Crippen LogP contribution in [0.4, 0.5) is 11.4 Å². The SMILES string of the molecule is O=C(O)C(Cc1c[nH]c2ccccc12)Nc1ccc([N+](=O)[O-])cc1. The Kier molecular flexibility index (Phi) is 4.15. The van der Waals surface area contributed by atoms with Gasteiger partial charge in [0.15, 0.2) is 0 Å². The summed E-state index contributed by atoms with van der Waals surface area (Å²) >= 11 is 0. The molecule has 0 fully saturated rings. The number of hydrogen-bond acceptors (Lipinski definition) is 4. The average molecular weight is 325 g/mol. The molecule has 122 valence electrons. The second-order valence-electron chi connectivity index (χ2n) is 5.40. The summed E-state index contributed by atoms with van der Waals surface area (Å²) in [6, 6.07) is 12.5. The van der Waals surface area contributed by atoms with E-state index in [1.165, 1.54) is 24.3 Å². The monoisotopic (exact) mass is 325 g/mol. The summed E-state index contributed by atoms with van der Waals surface area (Å²) in [7, 11) is 0. The Bertz CT molecular complexity index is 886. The fourth-order valence-corrected chi connectivity index (χ4v) is 2.60. The minimum Gasteiger partial charge on any atom is -0.480 e. The number of aromatic amines is 1. The molecule has 0 radical (unpaired) electrons. The van der Waals surface area contributed by atoms with Gasteiger partial charge in [-0.2, -0.15) is 0 Å². The number of benzene rings is 2. The van der Waals surface area contributed by atoms with Gasteiger partial charge < -0.3 is 15.4 Å². The van der Waals surface area contributed by atoms with Gasteiger partial charge in [-0.05, 0) is 23.8 Å². The van der Waals surface area contributed by atoms with E-state index in [0.717, 1.165) is 16.5 Å². The second kappa shape index (κ2) is 6.41. The van der Waals surface area contributed by atoms with Crippen molar-refractivity contribution in [3.63, 3.8) is 0 Å². The van der Waals surface area contributed by atoms with Crippen LogP contribution in [0.2, 0.25) is 0 Å². The first-order valence-corrected chi connectivity index (χ1v) is 7.33. The average Bonchev–Trinajstić information content (AvgIpc) is 2.98. The minimum absolute atomic E-state index is 0.0379. The lowest BCUT2D eigenvalue weighted by atomic mass is 10.0. The Balaban J connectivity index is 1.80. The molecule has 0 aliphatic carbocycles. The smallest absolute Gasteiger partial charge is 0.326 e. The van der Waals surface area contributed by atoms with Crippen LogP contribution in [-0.2, 0) is 11.2 Å². The molecular weight excluding hydrogens is 310 g/mol. The van der Waals surface area contributed by atoms with Gasteiger partial charge in [-0.3, -0.25) is 10.1 Å². The lowest BCUT2D eigenvalue weighted by Crippen LogP contribution is -2.31. The molecule has 7 nitrogen and oxygen atoms in total. The maximum absolute atomic E-state index is 11.6. The van der Waals surface area contributed by atoms with Crippen molar-refractivity contribution in [3.8, 4) is 0 Å². The minimum atomic E-state index is -0.987. The fourth-order valence-electron chi connectivity index (χ4n) is 2.60. The van der Waals surface area contributed by atoms with Gasteiger partial charge in [0, 0.05) is 41.3 Å². The third-order valence-electron chi connectivity index (χ3n) is 3.82. The topological polar surface area (TPSA) is 108 Å². The molecule has 3 rings (SSSR count). The molecule has 0 saturated carbocycles. The first-order valence-electron chi connectivity index (χ1n) is 7.33. The summed E-state index contributed by atoms with van der Waals surface area (Å²) in [5.74, 6) is -0.987. The molecule has 1 unspecified atom stereocenters. The van der Waals surface area contributed by atoms with Crippen molar-refractivity contribution in [1.82, 2.24) is 4.98 Å². The highest BCUT2D eigenvalue weighted by atomic mass is 16.6. The number of anilines is 1. The van der Waals surface area contributed by atoms with Crippen molar-refractivity contribution in [2.45, 2.75) is 12.5 Å². The van der Waals surface area contributed by atoms with Gasteiger partial charge in [0.05, 0.1) is 4.92 Å². The number of carboxylic acids is 1. The second-order valence-corrected chi connectivity index (χ2v) is 5.40. The maximum Gasteiger partial charge on any atom is 0.326 e. The van der Waals surface area contributed by atoms with Crippen LogP contribution in [0.25, 0.3) is 10.9 Å². The van der Waals surface area contributed by atoms with Crippen molar-refractivity contribution in [1.29, 1.82) is 0 Å². The van der Waals surface area contributed by atoms with Gasteiger partial charge in [-0.15, -0.1) is 0 Å². The Morgan fingerprint density at radius 3 is 2.58 bits per heavy atom. The number of H-pyrrole nitrogens is 1. The molecule has 1 atom stereocenters. The first-order chi connectivity index (χ1) is 11.5. The third kappa shape index (κ3) is 3.19. The number of aliphatic carboxylic acids is 1. The van der Waals surface area contributed by atoms with Gasteiger partial charge in [0.2, 0.25) is 0 Å². The van der Waals surface area contributed by atoms with E-state index in [2.05, 4.69) is 10.3 Å². The lowest BCUT2D eigenvalue weighted by molar-refractivity contribution is -0.384. The highest BCUT2D eigenvalue weighted by Gasteiger charge is 2.20. The zero-order valence-corrected chi connectivity index (χ0v) is 12.6. The Morgan fingerprint density at radius 1 is 1.21 bits per heavy atom. The number of carboxylic acid groups (broad SMARTS) is 1. The molecule has 1 aromatic heterocycles. The van der Waals surface area contributed by atoms with Crippen LogP contribution in [0, 0.1) is 10.1 Å². The van der Waals surface area contributed by atoms with E-state index in [-0.39, 0.29) is 12.1 Å². The van der Waals surface area contributed by atoms with Crippen LogP contribution < -0.4 is 5.32 Å². The molecule has 7 heteroatoms. The summed E-state index contributed by atoms with van der Waals surface area (Å²) < 4.78 is 0. The molecule has 0 bridgehead atoms. The van der Waals surface area contributed by atoms with E-state index in [4.69, 9.17) is 0 Å². The van der Waals surface area contributed by atoms with Crippen LogP contribution in [0.5, 0.6) is 0 Å². The zero-order chi connectivity index (χ0) is 17.1. The quantitative estimate of drug-likeness (QED) is 0.476. The van der Waals surface area contributed by atoms with Gasteiger partial charge in [0.25, 0.3) is 5.69 Å². The maximum atomic E-state index is 11.6. The number of para-hydroxylation sites is 1. The van der Waals surface area contributed by atoms with Crippen LogP contribution in [0.3, 0.4) is 0 Å². The van der Waals surface area contributed by atoms with Gasteiger partial charge in [-0.1, -0.05) is 18.2 Å². The number of nitro groups is 1. The largest absolute Gasteiger partial charge is 0.480 e. The van der Waals surface area contributed by atoms with Gasteiger partial charge in [0.1, 0.15) is 6.04 Å². The predicted molar refractivity (Wildman–Crippen MR) is 90.1 cm³/mol. The van der Waals surface area contributed by atoms with E-state index >= 15 is 0 Å². The van der Waals surface area contributed by atoms with E-state index in [1.54, 1.807) is 6.20 Å². The molecule has 1 heterocycles. The highest BCUT2D eigenvalue weighted by Crippen LogP contribution is 2.21. The molecule has 0 aliphatic heterocycles. The standard InChI is InChI=1S/C17H15N3O4/c21-17(22)16(19-12-5-7-13(8-6-12)20(23)24)9-11-10-18-15-4-2-1-3-14(11)15/h1-8,10,16,18-19H,9H2,(H,21,22). The molecule has 24 heavy (non-hydrogen) atoms. The van der Waals surface area contributed by atoms with Gasteiger partial charge in [-0.25, -0.2) is 4.79 Å². The third-order valence-corrected chi connectivity index (χ3v) is 3.82. The predicted octanol–water partition coefficient (Wildman–Crippen LogP) is 3.18. The number of nitro benzene ring substituents is 1. The molecule has 0 spiro atoms. The van der Waals surface area contributed by atoms with E-state index < -0.39 is 16.9 Å². The number of carbonyl (C=O) groups is 1. The van der Waals surface area contributed by atoms with Crippen molar-refractivity contribution in [2.75, 3.05) is 5.32 Å². The Hall–Kier alpha value is -3.35. The number of nitrogens with zero attached hydrogens (tertiary/aromatic N) is 1. The van der Waals surface area contributed by atoms with Gasteiger partial charge >= 0.3 is 5.97 Å². The molecule has 3 N–H and O–H groups in total. The first kappa shape index (κ1) is 15.5. The highest BCUT2D eigenvalue weighted by molar-refractivity contribution is 5.85. The number of fused-ring (bicyclic) bond motifs is 1. The normalized spacial score (nSPS) is 12.0. The van der Waals surface area contributed by atoms with Crippen LogP contribution >= 0.6 is 0 Å². The summed E-state index contributed by atoms with van der Waals surface area (Å²) in [4.78, 5) is 24.9. The van der Waals surface area contributed by atoms with Crippen molar-refractivity contribution in [2.24, 2.45) is 0 Å². The lowest BCUT2D eigenvalue weighted by Gasteiger charge is -2.15. The number of hydrogen-bond donors (Lipinski definition) is 3. The summed E-state index contributed by atoms with van der Waals surface area (Å²) in [5.41, 5.74) is 2.33. The number of nitrogens with one attached hydrogen (secondary N) is 2. The fraction of sp³-hybridized carbons (Fsp3) is 0.118. The zero-order valence-electron chi connectivity index (χ0n) is 12.6. The Labute approximate surface area is 137 Å². The van der Waals surface area contributed by atoms with Crippen LogP contribution in [0.15, 0.2) is 54.7 Å². The summed E-state index contributed by atoms with van der Waals surface area (Å²) in [6.07, 6.45) is 2.09. The molecule has 0 aliphatic rings. The summed E-state index contributed by atoms with van der Waals surface area (Å²) in [5, 5.41) is 24.0. The van der Waals surface area contributed by atoms with E-state index in [0.29, 0.717) is 5.69 Å². The molecular formula is C17H15N3O4. The number of non-ortho nitro benzene ring substituents is 1. The van der Waals surface area contributed by atoms with Crippen molar-refractivity contribution >= 4 is 28.2 Å². The molecule has 0 saturated heterocycles. The van der Waals surface area contributed by atoms with Crippen LogP contribution in [0.1, 0.15) is 5.56 Å². The molecule has 3 aromatic rings. The van der Waals surface area contributed by atoms with Crippen LogP contribution in [-0.4, -0.2) is 27.0 Å². The number of rotatable bonds is 6.